The fourth-order valence-corrected chi connectivity index (χ4v) is 3.94. The lowest BCUT2D eigenvalue weighted by Crippen LogP contribution is -2.35. The molecule has 37 heavy (non-hydrogen) atoms. The molecule has 1 unspecified atom stereocenters. The number of rotatable bonds is 6. The van der Waals surface area contributed by atoms with E-state index >= 15 is 0 Å². The molecule has 0 spiro atoms. The summed E-state index contributed by atoms with van der Waals surface area (Å²) in [5.74, 6) is -1.09. The van der Waals surface area contributed by atoms with Gasteiger partial charge in [0.1, 0.15) is 5.69 Å². The van der Waals surface area contributed by atoms with Crippen LogP contribution in [0, 0.1) is 0 Å². The van der Waals surface area contributed by atoms with Crippen LogP contribution in [0.25, 0.3) is 0 Å². The lowest BCUT2D eigenvalue weighted by atomic mass is 9.77. The summed E-state index contributed by atoms with van der Waals surface area (Å²) in [5, 5.41) is 21.1. The molecule has 0 aliphatic heterocycles. The number of urea groups is 1. The van der Waals surface area contributed by atoms with Gasteiger partial charge in [0.25, 0.3) is 6.20 Å². The molecule has 0 fully saturated rings. The molecule has 188 valence electrons. The van der Waals surface area contributed by atoms with Crippen LogP contribution in [0.4, 0.5) is 35.2 Å². The highest BCUT2D eigenvalue weighted by Gasteiger charge is 2.32. The maximum atomic E-state index is 13.5. The van der Waals surface area contributed by atoms with Gasteiger partial charge in [-0.25, -0.2) is 4.79 Å². The summed E-state index contributed by atoms with van der Waals surface area (Å²) in [5.41, 5.74) is 1.05. The van der Waals surface area contributed by atoms with Crippen molar-refractivity contribution in [1.29, 1.82) is 0 Å². The summed E-state index contributed by atoms with van der Waals surface area (Å²) in [6.07, 6.45) is -1.22. The molecule has 5 rings (SSSR count). The Morgan fingerprint density at radius 3 is 2.70 bits per heavy atom. The van der Waals surface area contributed by atoms with Gasteiger partial charge in [-0.2, -0.15) is 13.2 Å². The summed E-state index contributed by atoms with van der Waals surface area (Å²) >= 11 is 0. The normalized spacial score (nSPS) is 15.0. The number of anilines is 2. The predicted molar refractivity (Wildman–Crippen MR) is 124 cm³/mol. The third-order valence-electron chi connectivity index (χ3n) is 5.69. The molecule has 1 aliphatic rings. The van der Waals surface area contributed by atoms with Crippen molar-refractivity contribution in [2.45, 2.75) is 25.1 Å². The van der Waals surface area contributed by atoms with Gasteiger partial charge in [-0.05, 0) is 58.5 Å². The van der Waals surface area contributed by atoms with Crippen molar-refractivity contribution in [3.63, 3.8) is 0 Å². The van der Waals surface area contributed by atoms with E-state index in [1.807, 2.05) is 18.2 Å². The van der Waals surface area contributed by atoms with Crippen LogP contribution in [0.1, 0.15) is 28.3 Å². The number of carbonyl (C=O) groups excluding carboxylic acids is 1. The summed E-state index contributed by atoms with van der Waals surface area (Å²) in [6.45, 7) is 0.283. The molecule has 2 amide bonds. The first-order valence-electron chi connectivity index (χ1n) is 11.1. The van der Waals surface area contributed by atoms with Gasteiger partial charge in [-0.1, -0.05) is 30.3 Å². The van der Waals surface area contributed by atoms with Crippen LogP contribution in [0.15, 0.2) is 82.6 Å². The molecule has 2 N–H and O–H groups in total. The minimum atomic E-state index is -4.72. The minimum Gasteiger partial charge on any atom is -0.861 e. The highest BCUT2D eigenvalue weighted by molar-refractivity contribution is 5.99. The smallest absolute Gasteiger partial charge is 0.416 e. The number of carbonyl (C=O) groups is 1. The van der Waals surface area contributed by atoms with Crippen molar-refractivity contribution in [3.05, 3.63) is 95.4 Å². The molecule has 12 heteroatoms. The lowest BCUT2D eigenvalue weighted by Gasteiger charge is -2.34. The van der Waals surface area contributed by atoms with Gasteiger partial charge >= 0.3 is 18.1 Å². The van der Waals surface area contributed by atoms with Gasteiger partial charge in [-0.3, -0.25) is 19.8 Å². The van der Waals surface area contributed by atoms with Gasteiger partial charge in [0.2, 0.25) is 11.8 Å². The third-order valence-corrected chi connectivity index (χ3v) is 5.69. The Morgan fingerprint density at radius 1 is 1.14 bits per heavy atom. The molecule has 0 saturated heterocycles. The molecule has 2 aromatic heterocycles. The van der Waals surface area contributed by atoms with Gasteiger partial charge in [0.05, 0.1) is 11.3 Å². The molecule has 1 atom stereocenters. The zero-order chi connectivity index (χ0) is 26.0. The first kappa shape index (κ1) is 24.0. The van der Waals surface area contributed by atoms with Crippen molar-refractivity contribution in [1.82, 2.24) is 10.3 Å². The van der Waals surface area contributed by atoms with Crippen molar-refractivity contribution in [2.24, 2.45) is 4.99 Å². The molecular formula is C25H19F3N6O3. The largest absolute Gasteiger partial charge is 0.861 e. The van der Waals surface area contributed by atoms with E-state index in [2.05, 4.69) is 25.9 Å². The van der Waals surface area contributed by atoms with Crippen molar-refractivity contribution < 1.29 is 32.3 Å². The standard InChI is InChI=1S/C25H19F3N6O3/c26-25(27,28)16-10-18(30-23(35)21-9-15-5-1-2-7-20(15)21)12-19(11-16)31-24(36)32-22-14-34(33-37-22)13-17-6-3-4-8-29-17/h1-8,10-12,14,21H,9,13H2,(H2-,30,31,32,33,35,36). The number of amides is 2. The average Bonchev–Trinajstić information content (AvgIpc) is 3.26. The quantitative estimate of drug-likeness (QED) is 0.233. The monoisotopic (exact) mass is 508 g/mol. The van der Waals surface area contributed by atoms with Gasteiger partial charge < -0.3 is 10.4 Å². The van der Waals surface area contributed by atoms with E-state index in [0.717, 1.165) is 23.3 Å². The van der Waals surface area contributed by atoms with E-state index < -0.39 is 29.6 Å². The van der Waals surface area contributed by atoms with Crippen LogP contribution >= 0.6 is 0 Å². The number of nitrogens with one attached hydrogen (secondary N) is 2. The van der Waals surface area contributed by atoms with Crippen molar-refractivity contribution >= 4 is 29.2 Å². The SMILES string of the molecule is O=C(Nc1cc(N=C([O-])C2Cc3ccccc32)cc(C(F)(F)F)c1)Nc1c[n+](Cc2ccccn2)no1. The predicted octanol–water partition coefficient (Wildman–Crippen LogP) is 3.80. The van der Waals surface area contributed by atoms with Crippen LogP contribution < -0.4 is 20.4 Å². The Morgan fingerprint density at radius 2 is 1.95 bits per heavy atom. The number of hydrogen-bond donors (Lipinski definition) is 2. The van der Waals surface area contributed by atoms with Gasteiger partial charge in [-0.15, -0.1) is 0 Å². The average molecular weight is 508 g/mol. The van der Waals surface area contributed by atoms with E-state index in [-0.39, 0.29) is 23.8 Å². The first-order chi connectivity index (χ1) is 17.7. The summed E-state index contributed by atoms with van der Waals surface area (Å²) in [7, 11) is 0. The summed E-state index contributed by atoms with van der Waals surface area (Å²) in [4.78, 5) is 20.5. The van der Waals surface area contributed by atoms with E-state index in [1.165, 1.54) is 16.9 Å². The number of aliphatic imine (C=N–C) groups is 1. The highest BCUT2D eigenvalue weighted by Crippen LogP contribution is 2.37. The zero-order valence-corrected chi connectivity index (χ0v) is 19.1. The molecule has 2 aromatic carbocycles. The van der Waals surface area contributed by atoms with E-state index in [1.54, 1.807) is 30.5 Å². The van der Waals surface area contributed by atoms with Crippen LogP contribution in [-0.2, 0) is 19.1 Å². The topological polar surface area (TPSA) is 119 Å². The molecule has 0 saturated carbocycles. The zero-order valence-electron chi connectivity index (χ0n) is 19.1. The minimum absolute atomic E-state index is 0.0378. The maximum absolute atomic E-state index is 13.5. The van der Waals surface area contributed by atoms with E-state index in [0.29, 0.717) is 12.1 Å². The Labute approximate surface area is 208 Å². The number of hydrogen-bond acceptors (Lipinski definition) is 6. The second-order valence-electron chi connectivity index (χ2n) is 8.34. The molecular weight excluding hydrogens is 489 g/mol. The van der Waals surface area contributed by atoms with E-state index in [4.69, 9.17) is 4.52 Å². The van der Waals surface area contributed by atoms with Crippen molar-refractivity contribution in [3.8, 4) is 0 Å². The fraction of sp³-hybridized carbons (Fsp3) is 0.160. The molecule has 4 aromatic rings. The molecule has 9 nitrogen and oxygen atoms in total. The number of aromatic nitrogens is 3. The molecule has 0 radical (unpaired) electrons. The Hall–Kier alpha value is -4.74. The third kappa shape index (κ3) is 5.58. The molecule has 0 bridgehead atoms. The first-order valence-corrected chi connectivity index (χ1v) is 11.1. The van der Waals surface area contributed by atoms with Crippen LogP contribution in [-0.4, -0.2) is 22.2 Å². The maximum Gasteiger partial charge on any atom is 0.416 e. The second kappa shape index (κ2) is 9.72. The fourth-order valence-electron chi connectivity index (χ4n) is 3.94. The van der Waals surface area contributed by atoms with Crippen LogP contribution in [0.5, 0.6) is 0 Å². The number of alkyl halides is 3. The number of pyridine rings is 1. The van der Waals surface area contributed by atoms with E-state index in [9.17, 15) is 23.1 Å². The number of fused-ring (bicyclic) bond motifs is 1. The Bertz CT molecular complexity index is 1470. The number of halogens is 3. The van der Waals surface area contributed by atoms with Gasteiger partial charge in [0.15, 0.2) is 0 Å². The van der Waals surface area contributed by atoms with Gasteiger partial charge in [0, 0.05) is 17.8 Å². The van der Waals surface area contributed by atoms with Crippen LogP contribution in [0.2, 0.25) is 0 Å². The molecule has 2 heterocycles. The second-order valence-corrected chi connectivity index (χ2v) is 8.34. The lowest BCUT2D eigenvalue weighted by molar-refractivity contribution is -0.755. The van der Waals surface area contributed by atoms with Crippen molar-refractivity contribution in [2.75, 3.05) is 10.6 Å². The Balaban J connectivity index is 1.31. The number of nitrogens with zero attached hydrogens (tertiary/aromatic N) is 4. The number of benzene rings is 2. The highest BCUT2D eigenvalue weighted by atomic mass is 19.4. The summed E-state index contributed by atoms with van der Waals surface area (Å²) in [6, 6.07) is 14.5. The van der Waals surface area contributed by atoms with Crippen LogP contribution in [0.3, 0.4) is 0 Å². The summed E-state index contributed by atoms with van der Waals surface area (Å²) < 4.78 is 46.9. The Kier molecular flexibility index (Phi) is 6.30. The molecule has 1 aliphatic carbocycles.